The summed E-state index contributed by atoms with van der Waals surface area (Å²) in [7, 11) is 0. The highest BCUT2D eigenvalue weighted by molar-refractivity contribution is 8.23. The van der Waals surface area contributed by atoms with Crippen molar-refractivity contribution in [1.82, 2.24) is 4.90 Å². The van der Waals surface area contributed by atoms with Gasteiger partial charge in [0.15, 0.2) is 0 Å². The van der Waals surface area contributed by atoms with Crippen molar-refractivity contribution < 1.29 is 9.53 Å². The van der Waals surface area contributed by atoms with Crippen LogP contribution in [0.25, 0.3) is 0 Å². The standard InChI is InChI=1S/C12H21NO2S3/c1-7-15-10(16)17-9-11(3,4)18-12(5,6)13(9)8(2)14/h9H,7H2,1-6H3. The zero-order chi connectivity index (χ0) is 14.1. The van der Waals surface area contributed by atoms with E-state index in [1.54, 1.807) is 18.7 Å². The Balaban J connectivity index is 2.97. The van der Waals surface area contributed by atoms with E-state index in [9.17, 15) is 4.79 Å². The lowest BCUT2D eigenvalue weighted by atomic mass is 10.1. The first-order valence-electron chi connectivity index (χ1n) is 5.95. The highest BCUT2D eigenvalue weighted by Crippen LogP contribution is 2.54. The molecule has 0 aromatic rings. The fraction of sp³-hybridized carbons (Fsp3) is 0.833. The molecule has 1 aliphatic rings. The number of thiocarbonyl (C=S) groups is 1. The topological polar surface area (TPSA) is 29.5 Å². The summed E-state index contributed by atoms with van der Waals surface area (Å²) in [6.07, 6.45) is 0. The molecule has 3 nitrogen and oxygen atoms in total. The summed E-state index contributed by atoms with van der Waals surface area (Å²) >= 11 is 8.47. The maximum atomic E-state index is 11.9. The first-order valence-corrected chi connectivity index (χ1v) is 8.05. The molecule has 0 aromatic carbocycles. The number of carbonyl (C=O) groups is 1. The summed E-state index contributed by atoms with van der Waals surface area (Å²) in [6.45, 7) is 12.5. The Kier molecular flexibility index (Phi) is 5.00. The molecule has 0 aliphatic carbocycles. The number of ether oxygens (including phenoxy) is 1. The molecule has 0 radical (unpaired) electrons. The lowest BCUT2D eigenvalue weighted by molar-refractivity contribution is -0.131. The highest BCUT2D eigenvalue weighted by atomic mass is 32.2. The van der Waals surface area contributed by atoms with Gasteiger partial charge in [-0.15, -0.1) is 11.8 Å². The molecule has 1 fully saturated rings. The van der Waals surface area contributed by atoms with Gasteiger partial charge in [0.1, 0.15) is 5.37 Å². The van der Waals surface area contributed by atoms with Crippen molar-refractivity contribution in [2.24, 2.45) is 0 Å². The van der Waals surface area contributed by atoms with Gasteiger partial charge in [-0.05, 0) is 58.6 Å². The second-order valence-corrected chi connectivity index (χ2v) is 9.13. The predicted octanol–water partition coefficient (Wildman–Crippen LogP) is 3.48. The van der Waals surface area contributed by atoms with E-state index in [1.165, 1.54) is 11.8 Å². The Morgan fingerprint density at radius 1 is 1.44 bits per heavy atom. The Hall–Kier alpha value is 0.0600. The third kappa shape index (κ3) is 3.33. The van der Waals surface area contributed by atoms with Crippen LogP contribution in [0.3, 0.4) is 0 Å². The quantitative estimate of drug-likeness (QED) is 0.729. The molecule has 1 atom stereocenters. The van der Waals surface area contributed by atoms with Gasteiger partial charge >= 0.3 is 0 Å². The largest absolute Gasteiger partial charge is 0.479 e. The van der Waals surface area contributed by atoms with Crippen molar-refractivity contribution >= 4 is 46.0 Å². The normalized spacial score (nSPS) is 25.0. The SMILES string of the molecule is CCOC(=S)SC1N(C(C)=O)C(C)(C)SC1(C)C. The van der Waals surface area contributed by atoms with Crippen LogP contribution >= 0.6 is 35.7 Å². The fourth-order valence-corrected chi connectivity index (χ4v) is 6.06. The fourth-order valence-electron chi connectivity index (χ4n) is 2.32. The Morgan fingerprint density at radius 3 is 2.44 bits per heavy atom. The predicted molar refractivity (Wildman–Crippen MR) is 83.9 cm³/mol. The summed E-state index contributed by atoms with van der Waals surface area (Å²) in [4.78, 5) is 13.6. The molecule has 0 aromatic heterocycles. The number of rotatable bonds is 2. The van der Waals surface area contributed by atoms with Crippen molar-refractivity contribution in [2.75, 3.05) is 6.61 Å². The summed E-state index contributed by atoms with van der Waals surface area (Å²) < 4.78 is 5.80. The zero-order valence-corrected chi connectivity index (χ0v) is 14.2. The molecule has 1 unspecified atom stereocenters. The van der Waals surface area contributed by atoms with Crippen LogP contribution in [0.5, 0.6) is 0 Å². The van der Waals surface area contributed by atoms with Gasteiger partial charge in [-0.25, -0.2) is 0 Å². The monoisotopic (exact) mass is 307 g/mol. The lowest BCUT2D eigenvalue weighted by Gasteiger charge is -2.34. The first kappa shape index (κ1) is 16.1. The van der Waals surface area contributed by atoms with Gasteiger partial charge in [-0.2, -0.15) is 0 Å². The Bertz CT molecular complexity index is 355. The third-order valence-corrected chi connectivity index (χ3v) is 6.07. The second-order valence-electron chi connectivity index (χ2n) is 5.19. The minimum absolute atomic E-state index is 0.00838. The van der Waals surface area contributed by atoms with Gasteiger partial charge in [0.25, 0.3) is 0 Å². The van der Waals surface area contributed by atoms with Gasteiger partial charge in [-0.1, -0.05) is 0 Å². The van der Waals surface area contributed by atoms with Crippen molar-refractivity contribution in [2.45, 2.75) is 56.5 Å². The average Bonchev–Trinajstić information content (AvgIpc) is 2.31. The number of hydrogen-bond acceptors (Lipinski definition) is 5. The summed E-state index contributed by atoms with van der Waals surface area (Å²) in [5.41, 5.74) is 0. The zero-order valence-electron chi connectivity index (χ0n) is 11.8. The molecule has 1 rings (SSSR count). The molecule has 1 heterocycles. The van der Waals surface area contributed by atoms with E-state index in [2.05, 4.69) is 27.7 Å². The van der Waals surface area contributed by atoms with Crippen molar-refractivity contribution in [3.05, 3.63) is 0 Å². The number of hydrogen-bond donors (Lipinski definition) is 0. The molecule has 6 heteroatoms. The highest BCUT2D eigenvalue weighted by Gasteiger charge is 2.53. The molecule has 0 N–H and O–H groups in total. The van der Waals surface area contributed by atoms with E-state index in [0.29, 0.717) is 11.0 Å². The Morgan fingerprint density at radius 2 is 2.00 bits per heavy atom. The van der Waals surface area contributed by atoms with Crippen molar-refractivity contribution in [1.29, 1.82) is 0 Å². The third-order valence-electron chi connectivity index (χ3n) is 2.73. The smallest absolute Gasteiger partial charge is 0.222 e. The summed E-state index contributed by atoms with van der Waals surface area (Å²) in [5.74, 6) is 0.0786. The van der Waals surface area contributed by atoms with E-state index in [1.807, 2.05) is 11.8 Å². The van der Waals surface area contributed by atoms with Crippen LogP contribution in [-0.2, 0) is 9.53 Å². The van der Waals surface area contributed by atoms with E-state index in [0.717, 1.165) is 0 Å². The first-order chi connectivity index (χ1) is 8.12. The van der Waals surface area contributed by atoms with Gasteiger partial charge in [0.2, 0.25) is 10.3 Å². The van der Waals surface area contributed by atoms with Crippen LogP contribution in [0.1, 0.15) is 41.5 Å². The number of thioether (sulfide) groups is 2. The van der Waals surface area contributed by atoms with Crippen LogP contribution in [0.4, 0.5) is 0 Å². The minimum atomic E-state index is -0.213. The van der Waals surface area contributed by atoms with Gasteiger partial charge in [-0.3, -0.25) is 4.79 Å². The molecular formula is C12H21NO2S3. The molecule has 0 spiro atoms. The lowest BCUT2D eigenvalue weighted by Crippen LogP contribution is -2.47. The summed E-state index contributed by atoms with van der Waals surface area (Å²) in [6, 6.07) is 0. The van der Waals surface area contributed by atoms with Gasteiger partial charge < -0.3 is 9.64 Å². The van der Waals surface area contributed by atoms with Crippen LogP contribution in [0.15, 0.2) is 0 Å². The number of carbonyl (C=O) groups excluding carboxylic acids is 1. The van der Waals surface area contributed by atoms with E-state index < -0.39 is 0 Å². The Labute approximate surface area is 123 Å². The number of nitrogens with zero attached hydrogens (tertiary/aromatic N) is 1. The van der Waals surface area contributed by atoms with Crippen LogP contribution in [0.2, 0.25) is 0 Å². The molecule has 1 amide bonds. The van der Waals surface area contributed by atoms with Crippen LogP contribution in [-0.4, -0.2) is 36.8 Å². The van der Waals surface area contributed by atoms with Crippen molar-refractivity contribution in [3.63, 3.8) is 0 Å². The molecule has 1 saturated heterocycles. The molecule has 104 valence electrons. The van der Waals surface area contributed by atoms with E-state index in [-0.39, 0.29) is 20.9 Å². The second kappa shape index (κ2) is 5.59. The summed E-state index contributed by atoms with van der Waals surface area (Å²) in [5, 5.41) is 0.00838. The molecule has 18 heavy (non-hydrogen) atoms. The maximum absolute atomic E-state index is 11.9. The minimum Gasteiger partial charge on any atom is -0.479 e. The van der Waals surface area contributed by atoms with Gasteiger partial charge in [0, 0.05) is 11.7 Å². The van der Waals surface area contributed by atoms with Crippen LogP contribution in [0, 0.1) is 0 Å². The van der Waals surface area contributed by atoms with E-state index in [4.69, 9.17) is 17.0 Å². The average molecular weight is 308 g/mol. The van der Waals surface area contributed by atoms with Gasteiger partial charge in [0.05, 0.1) is 11.5 Å². The number of amides is 1. The van der Waals surface area contributed by atoms with Crippen molar-refractivity contribution in [3.8, 4) is 0 Å². The molecule has 0 saturated carbocycles. The molecule has 1 aliphatic heterocycles. The van der Waals surface area contributed by atoms with E-state index >= 15 is 0 Å². The maximum Gasteiger partial charge on any atom is 0.222 e. The molecular weight excluding hydrogens is 286 g/mol. The van der Waals surface area contributed by atoms with Crippen LogP contribution < -0.4 is 0 Å². The molecule has 0 bridgehead atoms.